The van der Waals surface area contributed by atoms with E-state index >= 15 is 0 Å². The number of hydrogen-bond donors (Lipinski definition) is 1. The summed E-state index contributed by atoms with van der Waals surface area (Å²) in [5.74, 6) is 1.89. The van der Waals surface area contributed by atoms with Gasteiger partial charge in [0, 0.05) is 6.42 Å². The molecule has 0 saturated carbocycles. The van der Waals surface area contributed by atoms with Crippen LogP contribution in [0.2, 0.25) is 0 Å². The zero-order valence-corrected chi connectivity index (χ0v) is 21.3. The number of nitrogens with zero attached hydrogens (tertiary/aromatic N) is 1. The first-order chi connectivity index (χ1) is 15.1. The molecule has 2 rings (SSSR count). The Morgan fingerprint density at radius 3 is 2.47 bits per heavy atom. The molecular formula is C25H33BrN2O4. The molecule has 0 unspecified atom stereocenters. The third-order valence-electron chi connectivity index (χ3n) is 4.56. The fourth-order valence-corrected chi connectivity index (χ4v) is 3.34. The van der Waals surface area contributed by atoms with Crippen LogP contribution in [-0.2, 0) is 10.2 Å². The molecule has 1 amide bonds. The molecule has 32 heavy (non-hydrogen) atoms. The zero-order chi connectivity index (χ0) is 23.7. The van der Waals surface area contributed by atoms with Crippen LogP contribution in [0.1, 0.15) is 58.6 Å². The highest BCUT2D eigenvalue weighted by molar-refractivity contribution is 9.10. The third-order valence-corrected chi connectivity index (χ3v) is 5.18. The van der Waals surface area contributed by atoms with Crippen molar-refractivity contribution in [1.29, 1.82) is 0 Å². The van der Waals surface area contributed by atoms with Crippen LogP contribution in [0.25, 0.3) is 0 Å². The second kappa shape index (κ2) is 11.9. The molecule has 0 spiro atoms. The van der Waals surface area contributed by atoms with Gasteiger partial charge < -0.3 is 14.2 Å². The Kier molecular flexibility index (Phi) is 9.57. The summed E-state index contributed by atoms with van der Waals surface area (Å²) < 4.78 is 17.8. The van der Waals surface area contributed by atoms with Gasteiger partial charge >= 0.3 is 0 Å². The molecule has 0 saturated heterocycles. The number of carbonyl (C=O) groups is 1. The standard InChI is InChI=1S/C25H33BrN2O4/c1-17(2)32-22-11-9-18(14-23(22)30-6)16-27-28-24(29)8-7-13-31-21-12-10-19(15-20(21)26)25(3,4)5/h9-12,14-17H,7-8,13H2,1-6H3,(H,28,29)/b27-16+. The number of benzene rings is 2. The Balaban J connectivity index is 1.77. The van der Waals surface area contributed by atoms with Gasteiger partial charge in [0.1, 0.15) is 5.75 Å². The summed E-state index contributed by atoms with van der Waals surface area (Å²) in [6, 6.07) is 11.6. The number of hydrogen-bond acceptors (Lipinski definition) is 5. The van der Waals surface area contributed by atoms with Crippen LogP contribution in [0.4, 0.5) is 0 Å². The SMILES string of the molecule is COc1cc(/C=N/NC(=O)CCCOc2ccc(C(C)(C)C)cc2Br)ccc1OC(C)C. The molecule has 2 aromatic rings. The van der Waals surface area contributed by atoms with Gasteiger partial charge in [0.25, 0.3) is 0 Å². The van der Waals surface area contributed by atoms with E-state index in [1.54, 1.807) is 13.3 Å². The number of nitrogens with one attached hydrogen (secondary N) is 1. The van der Waals surface area contributed by atoms with E-state index < -0.39 is 0 Å². The average Bonchev–Trinajstić information content (AvgIpc) is 2.72. The van der Waals surface area contributed by atoms with Gasteiger partial charge in [0.15, 0.2) is 11.5 Å². The molecule has 0 aliphatic rings. The van der Waals surface area contributed by atoms with E-state index in [0.717, 1.165) is 15.8 Å². The Morgan fingerprint density at radius 1 is 1.12 bits per heavy atom. The number of rotatable bonds is 10. The highest BCUT2D eigenvalue weighted by atomic mass is 79.9. The number of carbonyl (C=O) groups excluding carboxylic acids is 1. The van der Waals surface area contributed by atoms with E-state index in [4.69, 9.17) is 14.2 Å². The molecule has 1 N–H and O–H groups in total. The van der Waals surface area contributed by atoms with E-state index in [1.807, 2.05) is 38.1 Å². The predicted molar refractivity (Wildman–Crippen MR) is 132 cm³/mol. The number of ether oxygens (including phenoxy) is 3. The van der Waals surface area contributed by atoms with Crippen LogP contribution in [0.5, 0.6) is 17.2 Å². The first kappa shape index (κ1) is 25.7. The summed E-state index contributed by atoms with van der Waals surface area (Å²) >= 11 is 3.56. The number of halogens is 1. The molecule has 0 fully saturated rings. The first-order valence-corrected chi connectivity index (χ1v) is 11.5. The van der Waals surface area contributed by atoms with Gasteiger partial charge in [-0.2, -0.15) is 5.10 Å². The van der Waals surface area contributed by atoms with Crippen LogP contribution in [0, 0.1) is 0 Å². The van der Waals surface area contributed by atoms with Gasteiger partial charge in [-0.3, -0.25) is 4.79 Å². The fraction of sp³-hybridized carbons (Fsp3) is 0.440. The minimum atomic E-state index is -0.168. The molecule has 0 atom stereocenters. The summed E-state index contributed by atoms with van der Waals surface area (Å²) in [4.78, 5) is 12.0. The van der Waals surface area contributed by atoms with Gasteiger partial charge in [-0.05, 0) is 83.1 Å². The maximum Gasteiger partial charge on any atom is 0.240 e. The van der Waals surface area contributed by atoms with Crippen molar-refractivity contribution in [3.8, 4) is 17.2 Å². The van der Waals surface area contributed by atoms with Crippen molar-refractivity contribution < 1.29 is 19.0 Å². The number of hydrazone groups is 1. The highest BCUT2D eigenvalue weighted by Gasteiger charge is 2.15. The zero-order valence-electron chi connectivity index (χ0n) is 19.7. The van der Waals surface area contributed by atoms with Crippen molar-refractivity contribution in [2.45, 2.75) is 59.0 Å². The van der Waals surface area contributed by atoms with E-state index in [-0.39, 0.29) is 17.4 Å². The van der Waals surface area contributed by atoms with Crippen molar-refractivity contribution in [1.82, 2.24) is 5.43 Å². The molecule has 6 nitrogen and oxygen atoms in total. The van der Waals surface area contributed by atoms with Gasteiger partial charge in [0.2, 0.25) is 5.91 Å². The van der Waals surface area contributed by atoms with Gasteiger partial charge in [-0.15, -0.1) is 0 Å². The predicted octanol–water partition coefficient (Wildman–Crippen LogP) is 5.85. The molecule has 0 bridgehead atoms. The van der Waals surface area contributed by atoms with Crippen molar-refractivity contribution in [3.05, 3.63) is 52.0 Å². The van der Waals surface area contributed by atoms with Gasteiger partial charge in [-0.25, -0.2) is 5.43 Å². The highest BCUT2D eigenvalue weighted by Crippen LogP contribution is 2.31. The summed E-state index contributed by atoms with van der Waals surface area (Å²) in [6.07, 6.45) is 2.53. The molecular weight excluding hydrogens is 472 g/mol. The Labute approximate surface area is 199 Å². The fourth-order valence-electron chi connectivity index (χ4n) is 2.85. The first-order valence-electron chi connectivity index (χ1n) is 10.7. The van der Waals surface area contributed by atoms with Crippen molar-refractivity contribution >= 4 is 28.1 Å². The van der Waals surface area contributed by atoms with E-state index in [2.05, 4.69) is 59.4 Å². The summed E-state index contributed by atoms with van der Waals surface area (Å²) in [5.41, 5.74) is 4.65. The molecule has 0 aromatic heterocycles. The van der Waals surface area contributed by atoms with Crippen molar-refractivity contribution in [3.63, 3.8) is 0 Å². The lowest BCUT2D eigenvalue weighted by atomic mass is 9.87. The minimum absolute atomic E-state index is 0.0515. The lowest BCUT2D eigenvalue weighted by Crippen LogP contribution is -2.18. The average molecular weight is 505 g/mol. The van der Waals surface area contributed by atoms with Crippen molar-refractivity contribution in [2.75, 3.05) is 13.7 Å². The number of amides is 1. The van der Waals surface area contributed by atoms with Crippen molar-refractivity contribution in [2.24, 2.45) is 5.10 Å². The molecule has 0 heterocycles. The smallest absolute Gasteiger partial charge is 0.240 e. The molecule has 7 heteroatoms. The lowest BCUT2D eigenvalue weighted by Gasteiger charge is -2.20. The molecule has 0 aliphatic carbocycles. The van der Waals surface area contributed by atoms with Gasteiger partial charge in [-0.1, -0.05) is 26.8 Å². The third kappa shape index (κ3) is 8.19. The van der Waals surface area contributed by atoms with Crippen LogP contribution in [0.15, 0.2) is 46.0 Å². The second-order valence-corrected chi connectivity index (χ2v) is 9.57. The summed E-state index contributed by atoms with van der Waals surface area (Å²) in [7, 11) is 1.59. The molecule has 0 aliphatic heterocycles. The Bertz CT molecular complexity index is 936. The van der Waals surface area contributed by atoms with Gasteiger partial charge in [0.05, 0.1) is 30.5 Å². The summed E-state index contributed by atoms with van der Waals surface area (Å²) in [5, 5.41) is 4.02. The van der Waals surface area contributed by atoms with Crippen LogP contribution in [0.3, 0.4) is 0 Å². The number of methoxy groups -OCH3 is 1. The van der Waals surface area contributed by atoms with Crippen LogP contribution >= 0.6 is 15.9 Å². The quantitative estimate of drug-likeness (QED) is 0.250. The normalized spacial score (nSPS) is 11.6. The van der Waals surface area contributed by atoms with Crippen LogP contribution in [-0.4, -0.2) is 31.9 Å². The Morgan fingerprint density at radius 2 is 1.84 bits per heavy atom. The summed E-state index contributed by atoms with van der Waals surface area (Å²) in [6.45, 7) is 10.9. The molecule has 0 radical (unpaired) electrons. The Hall–Kier alpha value is -2.54. The van der Waals surface area contributed by atoms with E-state index in [1.165, 1.54) is 5.56 Å². The maximum atomic E-state index is 12.0. The van der Waals surface area contributed by atoms with E-state index in [9.17, 15) is 4.79 Å². The van der Waals surface area contributed by atoms with Crippen LogP contribution < -0.4 is 19.6 Å². The monoisotopic (exact) mass is 504 g/mol. The minimum Gasteiger partial charge on any atom is -0.493 e. The van der Waals surface area contributed by atoms with E-state index in [0.29, 0.717) is 30.9 Å². The largest absolute Gasteiger partial charge is 0.493 e. The second-order valence-electron chi connectivity index (χ2n) is 8.72. The topological polar surface area (TPSA) is 69.2 Å². The lowest BCUT2D eigenvalue weighted by molar-refractivity contribution is -0.121. The molecule has 174 valence electrons. The maximum absolute atomic E-state index is 12.0. The molecule has 2 aromatic carbocycles.